The number of hydrogen-bond acceptors (Lipinski definition) is 3. The fourth-order valence-corrected chi connectivity index (χ4v) is 1.11. The van der Waals surface area contributed by atoms with Gasteiger partial charge in [-0.3, -0.25) is 4.57 Å². The van der Waals surface area contributed by atoms with Crippen molar-refractivity contribution in [1.82, 2.24) is 19.5 Å². The average Bonchev–Trinajstić information content (AvgIpc) is 2.58. The van der Waals surface area contributed by atoms with Gasteiger partial charge in [0.15, 0.2) is 5.82 Å². The molecule has 4 nitrogen and oxygen atoms in total. The number of rotatable bonds is 1. The highest BCUT2D eigenvalue weighted by Gasteiger charge is 1.95. The molecule has 2 heterocycles. The van der Waals surface area contributed by atoms with Crippen LogP contribution in [0.2, 0.25) is 0 Å². The van der Waals surface area contributed by atoms with Crippen LogP contribution in [0.25, 0.3) is 5.82 Å². The van der Waals surface area contributed by atoms with Crippen LogP contribution in [0.4, 0.5) is 0 Å². The second kappa shape index (κ2) is 3.18. The first-order chi connectivity index (χ1) is 5.86. The molecular formula is C7H5IN4. The van der Waals surface area contributed by atoms with Crippen LogP contribution in [0.1, 0.15) is 0 Å². The third-order valence-electron chi connectivity index (χ3n) is 1.38. The molecule has 5 heteroatoms. The molecule has 0 saturated carbocycles. The Morgan fingerprint density at radius 2 is 2.17 bits per heavy atom. The predicted molar refractivity (Wildman–Crippen MR) is 51.9 cm³/mol. The van der Waals surface area contributed by atoms with Gasteiger partial charge in [0.2, 0.25) is 0 Å². The van der Waals surface area contributed by atoms with E-state index in [1.807, 2.05) is 10.8 Å². The van der Waals surface area contributed by atoms with E-state index in [-0.39, 0.29) is 0 Å². The minimum absolute atomic E-state index is 0.785. The molecule has 0 bridgehead atoms. The van der Waals surface area contributed by atoms with E-state index in [1.165, 1.54) is 0 Å². The van der Waals surface area contributed by atoms with E-state index in [9.17, 15) is 0 Å². The smallest absolute Gasteiger partial charge is 0.156 e. The maximum Gasteiger partial charge on any atom is 0.156 e. The van der Waals surface area contributed by atoms with Gasteiger partial charge in [-0.15, -0.1) is 0 Å². The molecule has 0 radical (unpaired) electrons. The lowest BCUT2D eigenvalue weighted by Crippen LogP contribution is -1.95. The van der Waals surface area contributed by atoms with Crippen molar-refractivity contribution in [3.63, 3.8) is 0 Å². The van der Waals surface area contributed by atoms with Crippen LogP contribution >= 0.6 is 22.6 Å². The second-order valence-corrected chi connectivity index (χ2v) is 3.27. The van der Waals surface area contributed by atoms with Crippen molar-refractivity contribution in [2.45, 2.75) is 0 Å². The highest BCUT2D eigenvalue weighted by atomic mass is 127. The van der Waals surface area contributed by atoms with E-state index in [0.29, 0.717) is 0 Å². The molecule has 0 fully saturated rings. The van der Waals surface area contributed by atoms with Gasteiger partial charge in [-0.25, -0.2) is 15.0 Å². The zero-order valence-corrected chi connectivity index (χ0v) is 8.21. The normalized spacial score (nSPS) is 10.1. The van der Waals surface area contributed by atoms with E-state index >= 15 is 0 Å². The van der Waals surface area contributed by atoms with E-state index in [2.05, 4.69) is 37.5 Å². The fraction of sp³-hybridized carbons (Fsp3) is 0. The lowest BCUT2D eigenvalue weighted by Gasteiger charge is -1.98. The molecule has 2 rings (SSSR count). The zero-order valence-electron chi connectivity index (χ0n) is 6.05. The summed E-state index contributed by atoms with van der Waals surface area (Å²) in [7, 11) is 0. The van der Waals surface area contributed by atoms with Crippen LogP contribution in [0, 0.1) is 3.70 Å². The molecule has 0 N–H and O–H groups in total. The molecule has 60 valence electrons. The van der Waals surface area contributed by atoms with E-state index < -0.39 is 0 Å². The Balaban J connectivity index is 2.43. The predicted octanol–water partition coefficient (Wildman–Crippen LogP) is 1.27. The van der Waals surface area contributed by atoms with E-state index in [4.69, 9.17) is 0 Å². The van der Waals surface area contributed by atoms with Crippen LogP contribution in [0.15, 0.2) is 31.1 Å². The van der Waals surface area contributed by atoms with Crippen molar-refractivity contribution < 1.29 is 0 Å². The van der Waals surface area contributed by atoms with Crippen LogP contribution in [-0.2, 0) is 0 Å². The molecular weight excluding hydrogens is 267 g/mol. The molecule has 0 aliphatic carbocycles. The number of hydrogen-bond donors (Lipinski definition) is 0. The third kappa shape index (κ3) is 1.45. The monoisotopic (exact) mass is 272 g/mol. The number of halogens is 1. The van der Waals surface area contributed by atoms with Crippen LogP contribution in [0.5, 0.6) is 0 Å². The quantitative estimate of drug-likeness (QED) is 0.734. The fourth-order valence-electron chi connectivity index (χ4n) is 0.833. The maximum atomic E-state index is 4.17. The van der Waals surface area contributed by atoms with Crippen LogP contribution in [-0.4, -0.2) is 19.5 Å². The van der Waals surface area contributed by atoms with Crippen molar-refractivity contribution >= 4 is 22.6 Å². The van der Waals surface area contributed by atoms with Crippen molar-refractivity contribution in [1.29, 1.82) is 0 Å². The molecule has 0 spiro atoms. The van der Waals surface area contributed by atoms with Gasteiger partial charge in [0.1, 0.15) is 10.0 Å². The van der Waals surface area contributed by atoms with Crippen molar-refractivity contribution in [2.75, 3.05) is 0 Å². The molecule has 12 heavy (non-hydrogen) atoms. The summed E-state index contributed by atoms with van der Waals surface area (Å²) in [5, 5.41) is 0. The number of imidazole rings is 1. The van der Waals surface area contributed by atoms with Gasteiger partial charge in [-0.2, -0.15) is 0 Å². The standard InChI is InChI=1S/C7H5IN4/c8-6-3-11-7(4-10-6)12-2-1-9-5-12/h1-5H. The van der Waals surface area contributed by atoms with Gasteiger partial charge >= 0.3 is 0 Å². The van der Waals surface area contributed by atoms with E-state index in [1.54, 1.807) is 24.9 Å². The van der Waals surface area contributed by atoms with Crippen LogP contribution in [0.3, 0.4) is 0 Å². The molecule has 0 aliphatic rings. The minimum atomic E-state index is 0.785. The largest absolute Gasteiger partial charge is 0.289 e. The second-order valence-electron chi connectivity index (χ2n) is 2.17. The van der Waals surface area contributed by atoms with E-state index in [0.717, 1.165) is 9.52 Å². The lowest BCUT2D eigenvalue weighted by molar-refractivity contribution is 0.963. The van der Waals surface area contributed by atoms with Gasteiger partial charge in [-0.1, -0.05) is 0 Å². The van der Waals surface area contributed by atoms with Crippen LogP contribution < -0.4 is 0 Å². The summed E-state index contributed by atoms with van der Waals surface area (Å²) in [5.74, 6) is 0.785. The Bertz CT molecular complexity index is 353. The van der Waals surface area contributed by atoms with Gasteiger partial charge in [0.05, 0.1) is 12.4 Å². The Kier molecular flexibility index (Phi) is 2.03. The molecule has 0 amide bonds. The van der Waals surface area contributed by atoms with Gasteiger partial charge in [-0.05, 0) is 22.6 Å². The maximum absolute atomic E-state index is 4.17. The molecule has 2 aromatic heterocycles. The molecule has 0 saturated heterocycles. The summed E-state index contributed by atoms with van der Waals surface area (Å²) in [5.41, 5.74) is 0. The Morgan fingerprint density at radius 1 is 1.25 bits per heavy atom. The first-order valence-corrected chi connectivity index (χ1v) is 4.40. The summed E-state index contributed by atoms with van der Waals surface area (Å²) in [6, 6.07) is 0. The zero-order chi connectivity index (χ0) is 8.39. The third-order valence-corrected chi connectivity index (χ3v) is 1.93. The molecule has 2 aromatic rings. The molecule has 0 aromatic carbocycles. The first kappa shape index (κ1) is 7.66. The van der Waals surface area contributed by atoms with Gasteiger partial charge in [0, 0.05) is 12.4 Å². The van der Waals surface area contributed by atoms with Crippen molar-refractivity contribution in [3.05, 3.63) is 34.8 Å². The average molecular weight is 272 g/mol. The summed E-state index contributed by atoms with van der Waals surface area (Å²) >= 11 is 2.12. The summed E-state index contributed by atoms with van der Waals surface area (Å²) in [6.07, 6.45) is 8.66. The molecule has 0 aliphatic heterocycles. The van der Waals surface area contributed by atoms with Crippen molar-refractivity contribution in [2.24, 2.45) is 0 Å². The Labute approximate surface area is 82.8 Å². The summed E-state index contributed by atoms with van der Waals surface area (Å²) in [4.78, 5) is 12.2. The topological polar surface area (TPSA) is 43.6 Å². The highest BCUT2D eigenvalue weighted by molar-refractivity contribution is 14.1. The number of nitrogens with zero attached hydrogens (tertiary/aromatic N) is 4. The summed E-state index contributed by atoms with van der Waals surface area (Å²) < 4.78 is 2.69. The lowest BCUT2D eigenvalue weighted by atomic mass is 10.6. The Hall–Kier alpha value is -0.980. The summed E-state index contributed by atoms with van der Waals surface area (Å²) in [6.45, 7) is 0. The number of aromatic nitrogens is 4. The Morgan fingerprint density at radius 3 is 2.75 bits per heavy atom. The molecule has 0 unspecified atom stereocenters. The van der Waals surface area contributed by atoms with Gasteiger partial charge < -0.3 is 0 Å². The van der Waals surface area contributed by atoms with Gasteiger partial charge in [0.25, 0.3) is 0 Å². The van der Waals surface area contributed by atoms with Crippen molar-refractivity contribution in [3.8, 4) is 5.82 Å². The molecule has 0 atom stereocenters. The SMILES string of the molecule is Ic1cnc(-n2ccnc2)cn1. The highest BCUT2D eigenvalue weighted by Crippen LogP contribution is 2.02. The minimum Gasteiger partial charge on any atom is -0.289 e. The first-order valence-electron chi connectivity index (χ1n) is 3.32.